The molecule has 0 aliphatic heterocycles. The highest BCUT2D eigenvalue weighted by molar-refractivity contribution is 7.47. The monoisotopic (exact) mass is 1410 g/mol. The average molecular weight is 1420 g/mol. The SMILES string of the molecule is CC/C=C\C/C=C\C/C=C\C/C=C\C/C=C\CC(=O)OCC(COP(=O)(O)OCC(O)COP(=O)(O)OCC(COC(=O)CCCCCC/C=C\C/C=C\C/C=C\C/C=C\CC)OC(=O)CCCCCCC/C=C\CCCCCCCC)OC(=O)CCCCCCC/C=C\CCCC. The van der Waals surface area contributed by atoms with E-state index in [2.05, 4.69) is 137 Å². The van der Waals surface area contributed by atoms with Gasteiger partial charge in [0, 0.05) is 19.3 Å². The van der Waals surface area contributed by atoms with Gasteiger partial charge in [-0.2, -0.15) is 0 Å². The Morgan fingerprint density at radius 1 is 0.306 bits per heavy atom. The first-order chi connectivity index (χ1) is 47.7. The number of allylic oxidation sites excluding steroid dienone is 21. The van der Waals surface area contributed by atoms with Gasteiger partial charge in [0.1, 0.15) is 19.3 Å². The number of unbranched alkanes of at least 4 members (excludes halogenated alkanes) is 22. The summed E-state index contributed by atoms with van der Waals surface area (Å²) in [5.41, 5.74) is 0. The van der Waals surface area contributed by atoms with E-state index in [-0.39, 0.29) is 25.7 Å². The highest BCUT2D eigenvalue weighted by Crippen LogP contribution is 2.45. The van der Waals surface area contributed by atoms with E-state index in [9.17, 15) is 43.2 Å². The largest absolute Gasteiger partial charge is 0.472 e. The second-order valence-electron chi connectivity index (χ2n) is 24.5. The second-order valence-corrected chi connectivity index (χ2v) is 27.4. The maximum absolute atomic E-state index is 13.1. The predicted octanol–water partition coefficient (Wildman–Crippen LogP) is 21.3. The molecule has 0 fully saturated rings. The molecule has 0 radical (unpaired) electrons. The summed E-state index contributed by atoms with van der Waals surface area (Å²) in [6, 6.07) is 0. The number of phosphoric acid groups is 2. The van der Waals surface area contributed by atoms with Crippen molar-refractivity contribution in [1.82, 2.24) is 0 Å². The van der Waals surface area contributed by atoms with Gasteiger partial charge in [0.15, 0.2) is 12.2 Å². The zero-order valence-electron chi connectivity index (χ0n) is 60.9. The van der Waals surface area contributed by atoms with Gasteiger partial charge in [-0.3, -0.25) is 37.3 Å². The number of rotatable bonds is 69. The van der Waals surface area contributed by atoms with E-state index < -0.39 is 97.5 Å². The molecule has 98 heavy (non-hydrogen) atoms. The van der Waals surface area contributed by atoms with E-state index >= 15 is 0 Å². The molecule has 0 aromatic heterocycles. The summed E-state index contributed by atoms with van der Waals surface area (Å²) in [4.78, 5) is 72.7. The van der Waals surface area contributed by atoms with Gasteiger partial charge in [-0.05, 0) is 135 Å². The standard InChI is InChI=1S/C79H132O17P2/c1-5-9-13-17-21-25-29-32-35-36-39-41-45-48-52-56-60-64-77(82)90-70-75(96-79(84)66-62-58-54-50-46-42-38-34-31-27-23-19-15-11-7-3)72-94-98(87,88)92-68-73(80)67-91-97(85,86)93-71-74(95-78(83)65-61-57-53-49-43-28-24-20-16-12-8-4)69-89-76(81)63-59-55-51-47-44-40-37-33-30-26-22-18-14-10-6-2/h9-10,13-14,20-22,24-26,32-35,37-39,41,44,47,55,59,73-75,80H,5-8,11-12,15-19,23,27-31,36,40,42-43,45-46,48-54,56-58,60-72H2,1-4H3,(H,85,86)(H,87,88)/b13-9-,14-10-,24-20-,25-21-,26-22-,35-32-,37-33-,38-34-,41-39-,47-44-,59-55-. The maximum Gasteiger partial charge on any atom is 0.472 e. The Bertz CT molecular complexity index is 2380. The van der Waals surface area contributed by atoms with E-state index in [1.165, 1.54) is 51.4 Å². The molecule has 0 aromatic carbocycles. The smallest absolute Gasteiger partial charge is 0.462 e. The Morgan fingerprint density at radius 3 is 0.949 bits per heavy atom. The van der Waals surface area contributed by atoms with Crippen molar-refractivity contribution in [3.63, 3.8) is 0 Å². The Hall–Kier alpha value is -4.80. The van der Waals surface area contributed by atoms with Crippen molar-refractivity contribution in [1.29, 1.82) is 0 Å². The minimum absolute atomic E-state index is 0.0615. The third kappa shape index (κ3) is 69.7. The van der Waals surface area contributed by atoms with E-state index in [0.29, 0.717) is 25.7 Å². The quantitative estimate of drug-likeness (QED) is 0.0169. The summed E-state index contributed by atoms with van der Waals surface area (Å²) in [5, 5.41) is 10.6. The molecular weight excluding hydrogens is 1280 g/mol. The molecule has 0 aromatic rings. The van der Waals surface area contributed by atoms with E-state index in [4.69, 9.17) is 37.0 Å². The summed E-state index contributed by atoms with van der Waals surface area (Å²) in [6.07, 6.45) is 77.7. The van der Waals surface area contributed by atoms with E-state index in [1.807, 2.05) is 18.2 Å². The van der Waals surface area contributed by atoms with Gasteiger partial charge in [-0.1, -0.05) is 258 Å². The number of carbonyl (C=O) groups excluding carboxylic acids is 4. The van der Waals surface area contributed by atoms with Gasteiger partial charge in [0.25, 0.3) is 0 Å². The number of carbonyl (C=O) groups is 4. The minimum atomic E-state index is -5.00. The number of hydrogen-bond acceptors (Lipinski definition) is 15. The molecule has 17 nitrogen and oxygen atoms in total. The van der Waals surface area contributed by atoms with Crippen molar-refractivity contribution in [3.05, 3.63) is 134 Å². The molecule has 0 rings (SSSR count). The van der Waals surface area contributed by atoms with Crippen LogP contribution in [0.3, 0.4) is 0 Å². The van der Waals surface area contributed by atoms with Crippen molar-refractivity contribution < 1.29 is 80.2 Å². The molecule has 0 aliphatic rings. The fourth-order valence-corrected chi connectivity index (χ4v) is 11.0. The first kappa shape index (κ1) is 93.2. The molecule has 5 atom stereocenters. The molecule has 0 aliphatic carbocycles. The van der Waals surface area contributed by atoms with Crippen LogP contribution in [-0.2, 0) is 65.4 Å². The summed E-state index contributed by atoms with van der Waals surface area (Å²) in [5.74, 6) is -2.37. The van der Waals surface area contributed by atoms with Gasteiger partial charge < -0.3 is 33.8 Å². The lowest BCUT2D eigenvalue weighted by molar-refractivity contribution is -0.161. The summed E-state index contributed by atoms with van der Waals surface area (Å²) < 4.78 is 68.2. The maximum atomic E-state index is 13.1. The van der Waals surface area contributed by atoms with Gasteiger partial charge in [-0.15, -0.1) is 0 Å². The third-order valence-electron chi connectivity index (χ3n) is 15.1. The Morgan fingerprint density at radius 2 is 0.582 bits per heavy atom. The molecule has 0 amide bonds. The molecule has 5 unspecified atom stereocenters. The molecule has 560 valence electrons. The fourth-order valence-electron chi connectivity index (χ4n) is 9.44. The van der Waals surface area contributed by atoms with E-state index in [0.717, 1.165) is 154 Å². The topological polar surface area (TPSA) is 237 Å². The van der Waals surface area contributed by atoms with Crippen LogP contribution in [-0.4, -0.2) is 96.7 Å². The molecule has 0 heterocycles. The van der Waals surface area contributed by atoms with Crippen LogP contribution in [0.5, 0.6) is 0 Å². The highest BCUT2D eigenvalue weighted by Gasteiger charge is 2.30. The number of ether oxygens (including phenoxy) is 4. The lowest BCUT2D eigenvalue weighted by Crippen LogP contribution is -2.30. The van der Waals surface area contributed by atoms with Crippen LogP contribution in [0.1, 0.15) is 285 Å². The van der Waals surface area contributed by atoms with Crippen molar-refractivity contribution in [2.45, 2.75) is 303 Å². The molecule has 0 saturated heterocycles. The number of aliphatic hydroxyl groups is 1. The van der Waals surface area contributed by atoms with Gasteiger partial charge in [0.2, 0.25) is 0 Å². The van der Waals surface area contributed by atoms with Crippen LogP contribution in [0.15, 0.2) is 134 Å². The van der Waals surface area contributed by atoms with Crippen LogP contribution in [0, 0.1) is 0 Å². The molecule has 0 bridgehead atoms. The summed E-state index contributed by atoms with van der Waals surface area (Å²) in [6.45, 7) is 4.42. The van der Waals surface area contributed by atoms with Gasteiger partial charge >= 0.3 is 39.5 Å². The van der Waals surface area contributed by atoms with Gasteiger partial charge in [0.05, 0.1) is 32.8 Å². The van der Waals surface area contributed by atoms with Crippen LogP contribution in [0.4, 0.5) is 0 Å². The van der Waals surface area contributed by atoms with Crippen molar-refractivity contribution in [2.24, 2.45) is 0 Å². The minimum Gasteiger partial charge on any atom is -0.462 e. The third-order valence-corrected chi connectivity index (χ3v) is 17.0. The van der Waals surface area contributed by atoms with Crippen molar-refractivity contribution in [3.8, 4) is 0 Å². The predicted molar refractivity (Wildman–Crippen MR) is 399 cm³/mol. The van der Waals surface area contributed by atoms with Crippen LogP contribution in [0.2, 0.25) is 0 Å². The lowest BCUT2D eigenvalue weighted by Gasteiger charge is -2.21. The first-order valence-electron chi connectivity index (χ1n) is 37.4. The zero-order valence-corrected chi connectivity index (χ0v) is 62.7. The zero-order chi connectivity index (χ0) is 71.8. The average Bonchev–Trinajstić information content (AvgIpc) is 0.985. The Kier molecular flexibility index (Phi) is 67.2. The van der Waals surface area contributed by atoms with Crippen molar-refractivity contribution >= 4 is 39.5 Å². The van der Waals surface area contributed by atoms with Gasteiger partial charge in [-0.25, -0.2) is 9.13 Å². The molecule has 0 saturated carbocycles. The second kappa shape index (κ2) is 70.6. The number of hydrogen-bond donors (Lipinski definition) is 3. The Balaban J connectivity index is 5.43. The molecular formula is C79H132O17P2. The van der Waals surface area contributed by atoms with Crippen LogP contribution in [0.25, 0.3) is 0 Å². The van der Waals surface area contributed by atoms with Crippen LogP contribution >= 0.6 is 15.6 Å². The Labute approximate surface area is 593 Å². The van der Waals surface area contributed by atoms with E-state index in [1.54, 1.807) is 6.08 Å². The van der Waals surface area contributed by atoms with Crippen molar-refractivity contribution in [2.75, 3.05) is 39.6 Å². The normalized spacial score (nSPS) is 14.7. The first-order valence-corrected chi connectivity index (χ1v) is 40.4. The van der Waals surface area contributed by atoms with Crippen LogP contribution < -0.4 is 0 Å². The summed E-state index contributed by atoms with van der Waals surface area (Å²) >= 11 is 0. The fraction of sp³-hybridized carbons (Fsp3) is 0.671. The number of esters is 4. The molecule has 3 N–H and O–H groups in total. The summed E-state index contributed by atoms with van der Waals surface area (Å²) in [7, 11) is -9.99. The lowest BCUT2D eigenvalue weighted by atomic mass is 10.1. The molecule has 0 spiro atoms. The molecule has 19 heteroatoms. The number of aliphatic hydroxyl groups excluding tert-OH is 1. The highest BCUT2D eigenvalue weighted by atomic mass is 31.2. The number of phosphoric ester groups is 2.